The summed E-state index contributed by atoms with van der Waals surface area (Å²) in [7, 11) is -0.0626. The minimum atomic E-state index is -0.487. The van der Waals surface area contributed by atoms with Crippen LogP contribution in [0.15, 0.2) is 71.6 Å². The van der Waals surface area contributed by atoms with Gasteiger partial charge in [0.25, 0.3) is 0 Å². The van der Waals surface area contributed by atoms with E-state index in [1.807, 2.05) is 61.5 Å². The van der Waals surface area contributed by atoms with E-state index in [9.17, 15) is 9.36 Å². The fourth-order valence-electron chi connectivity index (χ4n) is 3.52. The average Bonchev–Trinajstić information content (AvgIpc) is 2.80. The third-order valence-corrected chi connectivity index (χ3v) is 7.33. The number of esters is 1. The minimum absolute atomic E-state index is 0.0626. The molecule has 0 aliphatic rings. The van der Waals surface area contributed by atoms with Crippen LogP contribution < -0.4 is 4.74 Å². The molecule has 0 fully saturated rings. The smallest absolute Gasteiger partial charge is 0.310 e. The molecule has 0 saturated carbocycles. The maximum Gasteiger partial charge on any atom is 0.310 e. The van der Waals surface area contributed by atoms with Gasteiger partial charge in [-0.05, 0) is 42.7 Å². The zero-order valence-corrected chi connectivity index (χ0v) is 19.5. The lowest BCUT2D eigenvalue weighted by molar-refractivity contribution is -0.147. The largest absolute Gasteiger partial charge is 0.493 e. The Morgan fingerprint density at radius 2 is 1.71 bits per heavy atom. The minimum Gasteiger partial charge on any atom is -0.493 e. The van der Waals surface area contributed by atoms with E-state index in [2.05, 4.69) is 12.1 Å². The summed E-state index contributed by atoms with van der Waals surface area (Å²) in [5.41, 5.74) is 0.650. The van der Waals surface area contributed by atoms with Crippen molar-refractivity contribution < 1.29 is 18.8 Å². The van der Waals surface area contributed by atoms with Crippen LogP contribution in [0, 0.1) is 5.92 Å². The number of rotatable bonds is 11. The lowest BCUT2D eigenvalue weighted by Gasteiger charge is -2.21. The average molecular weight is 455 g/mol. The van der Waals surface area contributed by atoms with Crippen molar-refractivity contribution in [2.45, 2.75) is 30.8 Å². The second kappa shape index (κ2) is 11.9. The second-order valence-corrected chi connectivity index (χ2v) is 8.98. The summed E-state index contributed by atoms with van der Waals surface area (Å²) in [5.74, 6) is 0.529. The van der Waals surface area contributed by atoms with E-state index in [4.69, 9.17) is 9.47 Å². The molecule has 0 amide bonds. The van der Waals surface area contributed by atoms with Crippen LogP contribution in [0.2, 0.25) is 0 Å². The molecule has 0 aliphatic heterocycles. The SMILES string of the molecule is CCOC(=O)C(Cc1ccccc1)C(CSc1c(OCC)ccc2ccccc12)P=O. The van der Waals surface area contributed by atoms with Gasteiger partial charge in [0.1, 0.15) is 5.75 Å². The third kappa shape index (κ3) is 6.09. The predicted octanol–water partition coefficient (Wildman–Crippen LogP) is 6.41. The van der Waals surface area contributed by atoms with Crippen molar-refractivity contribution in [3.05, 3.63) is 72.3 Å². The molecule has 0 bridgehead atoms. The molecule has 3 aromatic rings. The molecule has 2 unspecified atom stereocenters. The maximum absolute atomic E-state index is 12.7. The summed E-state index contributed by atoms with van der Waals surface area (Å²) in [6.07, 6.45) is 0.494. The first-order chi connectivity index (χ1) is 15.2. The van der Waals surface area contributed by atoms with E-state index in [1.54, 1.807) is 18.7 Å². The highest BCUT2D eigenvalue weighted by molar-refractivity contribution is 7.99. The zero-order chi connectivity index (χ0) is 22.1. The van der Waals surface area contributed by atoms with Gasteiger partial charge in [0.15, 0.2) is 8.46 Å². The van der Waals surface area contributed by atoms with E-state index >= 15 is 0 Å². The third-order valence-electron chi connectivity index (χ3n) is 5.03. The predicted molar refractivity (Wildman–Crippen MR) is 128 cm³/mol. The van der Waals surface area contributed by atoms with Gasteiger partial charge in [-0.25, -0.2) is 0 Å². The number of carbonyl (C=O) groups excluding carboxylic acids is 1. The Hall–Kier alpha value is -2.36. The van der Waals surface area contributed by atoms with Gasteiger partial charge in [-0.2, -0.15) is 0 Å². The van der Waals surface area contributed by atoms with E-state index in [1.165, 1.54) is 0 Å². The summed E-state index contributed by atoms with van der Waals surface area (Å²) in [4.78, 5) is 13.8. The Labute approximate surface area is 189 Å². The van der Waals surface area contributed by atoms with Crippen molar-refractivity contribution in [3.8, 4) is 5.75 Å². The van der Waals surface area contributed by atoms with Gasteiger partial charge in [0, 0.05) is 5.75 Å². The zero-order valence-electron chi connectivity index (χ0n) is 17.8. The van der Waals surface area contributed by atoms with Gasteiger partial charge in [-0.1, -0.05) is 60.7 Å². The Morgan fingerprint density at radius 1 is 0.968 bits per heavy atom. The maximum atomic E-state index is 12.7. The Balaban J connectivity index is 1.87. The number of hydrogen-bond acceptors (Lipinski definition) is 5. The van der Waals surface area contributed by atoms with Crippen LogP contribution in [0.3, 0.4) is 0 Å². The molecular formula is C25H27O4PS. The number of thioether (sulfide) groups is 1. The van der Waals surface area contributed by atoms with Crippen molar-refractivity contribution in [2.24, 2.45) is 5.92 Å². The molecule has 0 spiro atoms. The van der Waals surface area contributed by atoms with Gasteiger partial charge in [-0.3, -0.25) is 9.36 Å². The van der Waals surface area contributed by atoms with Gasteiger partial charge in [0.05, 0.1) is 29.7 Å². The molecule has 0 saturated heterocycles. The molecule has 0 radical (unpaired) electrons. The van der Waals surface area contributed by atoms with Crippen LogP contribution in [0.25, 0.3) is 10.8 Å². The van der Waals surface area contributed by atoms with Crippen molar-refractivity contribution in [2.75, 3.05) is 19.0 Å². The van der Waals surface area contributed by atoms with Crippen LogP contribution in [0.5, 0.6) is 5.75 Å². The summed E-state index contributed by atoms with van der Waals surface area (Å²) in [6.45, 7) is 4.62. The quantitative estimate of drug-likeness (QED) is 0.190. The number of ether oxygens (including phenoxy) is 2. The molecular weight excluding hydrogens is 427 g/mol. The molecule has 162 valence electrons. The van der Waals surface area contributed by atoms with Crippen molar-refractivity contribution in [1.82, 2.24) is 0 Å². The Kier molecular flexibility index (Phi) is 8.93. The van der Waals surface area contributed by atoms with Crippen molar-refractivity contribution >= 4 is 37.0 Å². The van der Waals surface area contributed by atoms with Crippen molar-refractivity contribution in [3.63, 3.8) is 0 Å². The van der Waals surface area contributed by atoms with Crippen LogP contribution >= 0.6 is 20.2 Å². The number of benzene rings is 3. The van der Waals surface area contributed by atoms with E-state index in [0.717, 1.165) is 27.0 Å². The van der Waals surface area contributed by atoms with Crippen LogP contribution in [-0.2, 0) is 20.5 Å². The molecule has 4 nitrogen and oxygen atoms in total. The summed E-state index contributed by atoms with van der Waals surface area (Å²) in [6, 6.07) is 22.0. The second-order valence-electron chi connectivity index (χ2n) is 7.08. The van der Waals surface area contributed by atoms with Gasteiger partial charge in [-0.15, -0.1) is 11.8 Å². The highest BCUT2D eigenvalue weighted by Crippen LogP contribution is 2.39. The lowest BCUT2D eigenvalue weighted by atomic mass is 9.96. The van der Waals surface area contributed by atoms with Gasteiger partial charge >= 0.3 is 5.97 Å². The Morgan fingerprint density at radius 3 is 2.42 bits per heavy atom. The summed E-state index contributed by atoms with van der Waals surface area (Å²) < 4.78 is 23.4. The highest BCUT2D eigenvalue weighted by atomic mass is 32.2. The first-order valence-electron chi connectivity index (χ1n) is 10.5. The topological polar surface area (TPSA) is 52.6 Å². The van der Waals surface area contributed by atoms with Crippen LogP contribution in [0.1, 0.15) is 19.4 Å². The monoisotopic (exact) mass is 454 g/mol. The molecule has 2 atom stereocenters. The number of fused-ring (bicyclic) bond motifs is 1. The summed E-state index contributed by atoms with van der Waals surface area (Å²) in [5, 5.41) is 2.21. The normalized spacial score (nSPS) is 13.1. The van der Waals surface area contributed by atoms with Crippen LogP contribution in [0.4, 0.5) is 0 Å². The van der Waals surface area contributed by atoms with Crippen molar-refractivity contribution in [1.29, 1.82) is 0 Å². The molecule has 0 aromatic heterocycles. The molecule has 3 aromatic carbocycles. The first-order valence-corrected chi connectivity index (χ1v) is 12.3. The summed E-state index contributed by atoms with van der Waals surface area (Å²) >= 11 is 1.58. The molecule has 3 rings (SSSR count). The van der Waals surface area contributed by atoms with Crippen LogP contribution in [-0.4, -0.2) is 30.6 Å². The molecule has 0 N–H and O–H groups in total. The Bertz CT molecular complexity index is 1010. The van der Waals surface area contributed by atoms with E-state index in [-0.39, 0.29) is 20.1 Å². The van der Waals surface area contributed by atoms with E-state index in [0.29, 0.717) is 25.4 Å². The molecule has 6 heteroatoms. The number of carbonyl (C=O) groups is 1. The lowest BCUT2D eigenvalue weighted by Crippen LogP contribution is -2.30. The standard InChI is InChI=1S/C25H27O4PS/c1-3-28-22-15-14-19-12-8-9-13-20(19)24(22)31-17-23(30-27)21(25(26)29-4-2)16-18-10-6-5-7-11-18/h5-15,21,23H,3-4,16-17H2,1-2H3. The fraction of sp³-hybridized carbons (Fsp3) is 0.320. The molecule has 0 aliphatic carbocycles. The van der Waals surface area contributed by atoms with E-state index < -0.39 is 5.92 Å². The fourth-order valence-corrected chi connectivity index (χ4v) is 5.55. The number of hydrogen-bond donors (Lipinski definition) is 0. The molecule has 31 heavy (non-hydrogen) atoms. The molecule has 0 heterocycles. The van der Waals surface area contributed by atoms with Gasteiger partial charge < -0.3 is 9.47 Å². The van der Waals surface area contributed by atoms with Gasteiger partial charge in [0.2, 0.25) is 0 Å². The first kappa shape index (κ1) is 23.3. The highest BCUT2D eigenvalue weighted by Gasteiger charge is 2.31.